The van der Waals surface area contributed by atoms with Crippen LogP contribution in [0.2, 0.25) is 0 Å². The van der Waals surface area contributed by atoms with Gasteiger partial charge in [-0.25, -0.2) is 9.59 Å². The highest BCUT2D eigenvalue weighted by Gasteiger charge is 2.29. The molecular formula is C22H17NO5. The summed E-state index contributed by atoms with van der Waals surface area (Å²) in [5.41, 5.74) is 4.51. The lowest BCUT2D eigenvalue weighted by atomic mass is 9.98. The molecule has 3 aromatic carbocycles. The van der Waals surface area contributed by atoms with Crippen molar-refractivity contribution in [3.63, 3.8) is 0 Å². The standard InChI is InChI=1S/C22H17NO5/c24-20-11-13(9-10-18(20)21(25)26)23-22(27)28-12-19-16-7-3-1-5-14(16)15-6-2-4-8-17(15)19/h1-11,19,24H,12H2,(H,23,27)(H,25,26). The van der Waals surface area contributed by atoms with E-state index >= 15 is 0 Å². The lowest BCUT2D eigenvalue weighted by Crippen LogP contribution is -2.18. The molecule has 0 spiro atoms. The van der Waals surface area contributed by atoms with Gasteiger partial charge in [0.05, 0.1) is 0 Å². The van der Waals surface area contributed by atoms with E-state index in [1.165, 1.54) is 18.2 Å². The molecule has 1 aliphatic rings. The van der Waals surface area contributed by atoms with Crippen LogP contribution in [0.5, 0.6) is 5.75 Å². The van der Waals surface area contributed by atoms with Crippen molar-refractivity contribution in [2.24, 2.45) is 0 Å². The first-order chi connectivity index (χ1) is 13.5. The molecule has 0 bridgehead atoms. The number of carboxylic acids is 1. The van der Waals surface area contributed by atoms with Gasteiger partial charge in [-0.15, -0.1) is 0 Å². The number of carbonyl (C=O) groups excluding carboxylic acids is 1. The summed E-state index contributed by atoms with van der Waals surface area (Å²) in [6.45, 7) is 0.166. The van der Waals surface area contributed by atoms with Crippen molar-refractivity contribution in [3.8, 4) is 16.9 Å². The van der Waals surface area contributed by atoms with E-state index in [1.54, 1.807) is 0 Å². The Bertz CT molecular complexity index is 1030. The average Bonchev–Trinajstić information content (AvgIpc) is 3.00. The van der Waals surface area contributed by atoms with Crippen molar-refractivity contribution in [1.29, 1.82) is 0 Å². The quantitative estimate of drug-likeness (QED) is 0.626. The minimum Gasteiger partial charge on any atom is -0.507 e. The molecule has 0 saturated carbocycles. The third kappa shape index (κ3) is 3.16. The number of benzene rings is 3. The molecule has 6 heteroatoms. The molecule has 140 valence electrons. The molecule has 0 atom stereocenters. The number of anilines is 1. The van der Waals surface area contributed by atoms with E-state index in [0.717, 1.165) is 22.3 Å². The number of aromatic hydroxyl groups is 1. The van der Waals surface area contributed by atoms with Crippen LogP contribution in [0.4, 0.5) is 10.5 Å². The number of phenols is 1. The Hall–Kier alpha value is -3.80. The molecule has 1 aliphatic carbocycles. The number of fused-ring (bicyclic) bond motifs is 3. The van der Waals surface area contributed by atoms with Crippen molar-refractivity contribution in [1.82, 2.24) is 0 Å². The fraction of sp³-hybridized carbons (Fsp3) is 0.0909. The third-order valence-electron chi connectivity index (χ3n) is 4.82. The Kier molecular flexibility index (Phi) is 4.45. The minimum atomic E-state index is -1.25. The van der Waals surface area contributed by atoms with Crippen molar-refractivity contribution < 1.29 is 24.5 Å². The van der Waals surface area contributed by atoms with Gasteiger partial charge in [-0.3, -0.25) is 5.32 Å². The van der Waals surface area contributed by atoms with Gasteiger partial charge in [0.25, 0.3) is 0 Å². The molecule has 0 radical (unpaired) electrons. The average molecular weight is 375 g/mol. The minimum absolute atomic E-state index is 0.0547. The van der Waals surface area contributed by atoms with E-state index in [9.17, 15) is 14.7 Å². The molecular weight excluding hydrogens is 358 g/mol. The van der Waals surface area contributed by atoms with E-state index in [1.807, 2.05) is 36.4 Å². The van der Waals surface area contributed by atoms with Gasteiger partial charge in [-0.2, -0.15) is 0 Å². The van der Waals surface area contributed by atoms with Crippen LogP contribution in [-0.4, -0.2) is 28.9 Å². The zero-order valence-corrected chi connectivity index (χ0v) is 14.8. The Morgan fingerprint density at radius 1 is 0.929 bits per heavy atom. The molecule has 28 heavy (non-hydrogen) atoms. The number of rotatable bonds is 4. The number of carbonyl (C=O) groups is 2. The molecule has 6 nitrogen and oxygen atoms in total. The highest BCUT2D eigenvalue weighted by Crippen LogP contribution is 2.44. The van der Waals surface area contributed by atoms with Gasteiger partial charge in [-0.1, -0.05) is 48.5 Å². The molecule has 0 aromatic heterocycles. The number of carboxylic acid groups (broad SMARTS) is 1. The van der Waals surface area contributed by atoms with Gasteiger partial charge >= 0.3 is 12.1 Å². The number of aromatic carboxylic acids is 1. The number of amides is 1. The number of nitrogens with one attached hydrogen (secondary N) is 1. The van der Waals surface area contributed by atoms with E-state index in [0.29, 0.717) is 0 Å². The van der Waals surface area contributed by atoms with Crippen molar-refractivity contribution in [2.45, 2.75) is 5.92 Å². The third-order valence-corrected chi connectivity index (χ3v) is 4.82. The maximum Gasteiger partial charge on any atom is 0.411 e. The second-order valence-corrected chi connectivity index (χ2v) is 6.49. The van der Waals surface area contributed by atoms with Crippen LogP contribution in [0.15, 0.2) is 66.7 Å². The Morgan fingerprint density at radius 2 is 1.54 bits per heavy atom. The zero-order chi connectivity index (χ0) is 19.7. The second kappa shape index (κ2) is 7.08. The maximum atomic E-state index is 12.2. The molecule has 0 heterocycles. The lowest BCUT2D eigenvalue weighted by molar-refractivity contribution is 0.0693. The van der Waals surface area contributed by atoms with Crippen molar-refractivity contribution in [3.05, 3.63) is 83.4 Å². The summed E-state index contributed by atoms with van der Waals surface area (Å²) in [6, 6.07) is 19.9. The first kappa shape index (κ1) is 17.6. The van der Waals surface area contributed by atoms with Crippen molar-refractivity contribution >= 4 is 17.7 Å². The SMILES string of the molecule is O=C(Nc1ccc(C(=O)O)c(O)c1)OCC1c2ccccc2-c2ccccc21. The fourth-order valence-electron chi connectivity index (χ4n) is 3.54. The van der Waals surface area contributed by atoms with E-state index in [2.05, 4.69) is 17.4 Å². The predicted molar refractivity (Wildman–Crippen MR) is 104 cm³/mol. The number of ether oxygens (including phenoxy) is 1. The fourth-order valence-corrected chi connectivity index (χ4v) is 3.54. The van der Waals surface area contributed by atoms with Gasteiger partial charge in [0.2, 0.25) is 0 Å². The highest BCUT2D eigenvalue weighted by molar-refractivity contribution is 5.93. The van der Waals surface area contributed by atoms with Crippen LogP contribution >= 0.6 is 0 Å². The predicted octanol–water partition coefficient (Wildman–Crippen LogP) is 4.45. The molecule has 4 rings (SSSR count). The Morgan fingerprint density at radius 3 is 2.11 bits per heavy atom. The topological polar surface area (TPSA) is 95.9 Å². The smallest absolute Gasteiger partial charge is 0.411 e. The van der Waals surface area contributed by atoms with Crippen LogP contribution in [0.1, 0.15) is 27.4 Å². The maximum absolute atomic E-state index is 12.2. The van der Waals surface area contributed by atoms with E-state index in [-0.39, 0.29) is 23.8 Å². The van der Waals surface area contributed by atoms with Crippen LogP contribution in [0, 0.1) is 0 Å². The number of hydrogen-bond acceptors (Lipinski definition) is 4. The van der Waals surface area contributed by atoms with Crippen LogP contribution in [0.25, 0.3) is 11.1 Å². The number of hydrogen-bond donors (Lipinski definition) is 3. The monoisotopic (exact) mass is 375 g/mol. The first-order valence-electron chi connectivity index (χ1n) is 8.73. The second-order valence-electron chi connectivity index (χ2n) is 6.49. The molecule has 1 amide bonds. The first-order valence-corrected chi connectivity index (χ1v) is 8.73. The zero-order valence-electron chi connectivity index (χ0n) is 14.8. The summed E-state index contributed by atoms with van der Waals surface area (Å²) in [6.07, 6.45) is -0.677. The van der Waals surface area contributed by atoms with Crippen LogP contribution in [0.3, 0.4) is 0 Å². The normalized spacial score (nSPS) is 12.1. The molecule has 0 aliphatic heterocycles. The van der Waals surface area contributed by atoms with Gasteiger partial charge in [-0.05, 0) is 34.4 Å². The van der Waals surface area contributed by atoms with Gasteiger partial charge in [0, 0.05) is 17.7 Å². The summed E-state index contributed by atoms with van der Waals surface area (Å²) in [5.74, 6) is -1.73. The summed E-state index contributed by atoms with van der Waals surface area (Å²) in [5, 5.41) is 21.2. The molecule has 0 saturated heterocycles. The van der Waals surface area contributed by atoms with Crippen LogP contribution < -0.4 is 5.32 Å². The van der Waals surface area contributed by atoms with E-state index < -0.39 is 17.8 Å². The molecule has 0 fully saturated rings. The van der Waals surface area contributed by atoms with E-state index in [4.69, 9.17) is 9.84 Å². The summed E-state index contributed by atoms with van der Waals surface area (Å²) < 4.78 is 5.41. The lowest BCUT2D eigenvalue weighted by Gasteiger charge is -2.14. The van der Waals surface area contributed by atoms with Crippen LogP contribution in [-0.2, 0) is 4.74 Å². The largest absolute Gasteiger partial charge is 0.507 e. The summed E-state index contributed by atoms with van der Waals surface area (Å²) >= 11 is 0. The Balaban J connectivity index is 1.47. The van der Waals surface area contributed by atoms with Crippen molar-refractivity contribution in [2.75, 3.05) is 11.9 Å². The van der Waals surface area contributed by atoms with Gasteiger partial charge in [0.15, 0.2) is 0 Å². The Labute approximate surface area is 161 Å². The molecule has 0 unspecified atom stereocenters. The summed E-state index contributed by atoms with van der Waals surface area (Å²) in [7, 11) is 0. The van der Waals surface area contributed by atoms with Gasteiger partial charge < -0.3 is 14.9 Å². The summed E-state index contributed by atoms with van der Waals surface area (Å²) in [4.78, 5) is 23.1. The molecule has 3 aromatic rings. The van der Waals surface area contributed by atoms with Gasteiger partial charge in [0.1, 0.15) is 17.9 Å². The molecule has 3 N–H and O–H groups in total. The highest BCUT2D eigenvalue weighted by atomic mass is 16.5.